The number of ether oxygens (including phenoxy) is 1. The lowest BCUT2D eigenvalue weighted by Crippen LogP contribution is -2.04. The Labute approximate surface area is 76.2 Å². The van der Waals surface area contributed by atoms with Gasteiger partial charge in [-0.2, -0.15) is 0 Å². The normalized spacial score (nSPS) is 9.83. The highest BCUT2D eigenvalue weighted by Gasteiger charge is 2.11. The molecule has 1 aromatic heterocycles. The Balaban J connectivity index is 2.79. The summed E-state index contributed by atoms with van der Waals surface area (Å²) < 4.78 is 4.90. The number of carbonyl (C=O) groups excluding carboxylic acids is 1. The van der Waals surface area contributed by atoms with Crippen molar-refractivity contribution in [3.8, 4) is 0 Å². The summed E-state index contributed by atoms with van der Waals surface area (Å²) in [5.41, 5.74) is 1.08. The van der Waals surface area contributed by atoms with Crippen molar-refractivity contribution in [1.29, 1.82) is 0 Å². The van der Waals surface area contributed by atoms with Gasteiger partial charge in [-0.15, -0.1) is 11.3 Å². The zero-order valence-corrected chi connectivity index (χ0v) is 8.11. The molecule has 1 rings (SSSR count). The van der Waals surface area contributed by atoms with Gasteiger partial charge in [-0.05, 0) is 30.4 Å². The van der Waals surface area contributed by atoms with E-state index in [0.29, 0.717) is 6.61 Å². The Bertz CT molecular complexity index is 265. The van der Waals surface area contributed by atoms with Gasteiger partial charge >= 0.3 is 5.97 Å². The SMILES string of the molecule is CCOC(=O)c1sccc1CC. The van der Waals surface area contributed by atoms with E-state index in [0.717, 1.165) is 16.9 Å². The Kier molecular flexibility index (Phi) is 3.29. The molecule has 66 valence electrons. The predicted octanol–water partition coefficient (Wildman–Crippen LogP) is 2.49. The first-order chi connectivity index (χ1) is 5.79. The van der Waals surface area contributed by atoms with Crippen LogP contribution in [0.4, 0.5) is 0 Å². The smallest absolute Gasteiger partial charge is 0.348 e. The van der Waals surface area contributed by atoms with E-state index in [2.05, 4.69) is 0 Å². The van der Waals surface area contributed by atoms with Gasteiger partial charge in [0.15, 0.2) is 0 Å². The topological polar surface area (TPSA) is 26.3 Å². The van der Waals surface area contributed by atoms with Crippen LogP contribution in [-0.2, 0) is 11.2 Å². The van der Waals surface area contributed by atoms with Gasteiger partial charge in [-0.1, -0.05) is 6.92 Å². The molecule has 0 fully saturated rings. The first kappa shape index (κ1) is 9.26. The molecule has 12 heavy (non-hydrogen) atoms. The average Bonchev–Trinajstić information content (AvgIpc) is 2.51. The van der Waals surface area contributed by atoms with E-state index in [-0.39, 0.29) is 5.97 Å². The minimum absolute atomic E-state index is 0.190. The van der Waals surface area contributed by atoms with Crippen LogP contribution in [0, 0.1) is 0 Å². The summed E-state index contributed by atoms with van der Waals surface area (Å²) in [6.07, 6.45) is 0.887. The second kappa shape index (κ2) is 4.26. The Morgan fingerprint density at radius 1 is 1.58 bits per heavy atom. The van der Waals surface area contributed by atoms with Gasteiger partial charge < -0.3 is 4.74 Å². The molecular weight excluding hydrogens is 172 g/mol. The van der Waals surface area contributed by atoms with Crippen LogP contribution in [0.3, 0.4) is 0 Å². The molecule has 0 bridgehead atoms. The molecule has 0 aliphatic carbocycles. The quantitative estimate of drug-likeness (QED) is 0.674. The van der Waals surface area contributed by atoms with Crippen molar-refractivity contribution in [3.63, 3.8) is 0 Å². The van der Waals surface area contributed by atoms with Crippen molar-refractivity contribution in [2.45, 2.75) is 20.3 Å². The monoisotopic (exact) mass is 184 g/mol. The molecule has 0 N–H and O–H groups in total. The van der Waals surface area contributed by atoms with Crippen LogP contribution in [0.5, 0.6) is 0 Å². The van der Waals surface area contributed by atoms with Gasteiger partial charge in [0.05, 0.1) is 6.61 Å². The molecule has 1 heterocycles. The highest BCUT2D eigenvalue weighted by atomic mass is 32.1. The molecule has 0 saturated carbocycles. The summed E-state index contributed by atoms with van der Waals surface area (Å²) in [6, 6.07) is 1.97. The molecule has 0 amide bonds. The summed E-state index contributed by atoms with van der Waals surface area (Å²) in [7, 11) is 0. The van der Waals surface area contributed by atoms with E-state index in [9.17, 15) is 4.79 Å². The lowest BCUT2D eigenvalue weighted by molar-refractivity contribution is 0.0531. The number of rotatable bonds is 3. The van der Waals surface area contributed by atoms with Crippen LogP contribution in [0.1, 0.15) is 29.1 Å². The van der Waals surface area contributed by atoms with Gasteiger partial charge in [-0.3, -0.25) is 0 Å². The summed E-state index contributed by atoms with van der Waals surface area (Å²) >= 11 is 1.45. The molecule has 3 heteroatoms. The number of carbonyl (C=O) groups is 1. The van der Waals surface area contributed by atoms with Crippen LogP contribution >= 0.6 is 11.3 Å². The van der Waals surface area contributed by atoms with E-state index in [1.165, 1.54) is 11.3 Å². The van der Waals surface area contributed by atoms with Crippen LogP contribution < -0.4 is 0 Å². The van der Waals surface area contributed by atoms with Gasteiger partial charge in [-0.25, -0.2) is 4.79 Å². The third-order valence-corrected chi connectivity index (χ3v) is 2.53. The summed E-state index contributed by atoms with van der Waals surface area (Å²) in [4.78, 5) is 12.0. The van der Waals surface area contributed by atoms with E-state index < -0.39 is 0 Å². The summed E-state index contributed by atoms with van der Waals surface area (Å²) in [5.74, 6) is -0.190. The van der Waals surface area contributed by atoms with Crippen molar-refractivity contribution in [3.05, 3.63) is 21.9 Å². The van der Waals surface area contributed by atoms with Gasteiger partial charge in [0.1, 0.15) is 4.88 Å². The van der Waals surface area contributed by atoms with Gasteiger partial charge in [0.2, 0.25) is 0 Å². The number of hydrogen-bond donors (Lipinski definition) is 0. The van der Waals surface area contributed by atoms with E-state index in [1.807, 2.05) is 25.3 Å². The van der Waals surface area contributed by atoms with E-state index in [1.54, 1.807) is 0 Å². The second-order valence-electron chi connectivity index (χ2n) is 2.35. The first-order valence-corrected chi connectivity index (χ1v) is 4.91. The van der Waals surface area contributed by atoms with Crippen molar-refractivity contribution in [2.75, 3.05) is 6.61 Å². The lowest BCUT2D eigenvalue weighted by atomic mass is 10.2. The molecule has 0 aliphatic rings. The van der Waals surface area contributed by atoms with Crippen molar-refractivity contribution in [2.24, 2.45) is 0 Å². The fourth-order valence-electron chi connectivity index (χ4n) is 0.990. The van der Waals surface area contributed by atoms with Crippen LogP contribution in [0.15, 0.2) is 11.4 Å². The fourth-order valence-corrected chi connectivity index (χ4v) is 1.88. The van der Waals surface area contributed by atoms with Gasteiger partial charge in [0.25, 0.3) is 0 Å². The number of hydrogen-bond acceptors (Lipinski definition) is 3. The summed E-state index contributed by atoms with van der Waals surface area (Å²) in [5, 5.41) is 1.92. The number of esters is 1. The minimum Gasteiger partial charge on any atom is -0.462 e. The molecule has 2 nitrogen and oxygen atoms in total. The molecule has 0 radical (unpaired) electrons. The molecule has 0 spiro atoms. The van der Waals surface area contributed by atoms with Crippen molar-refractivity contribution in [1.82, 2.24) is 0 Å². The summed E-state index contributed by atoms with van der Waals surface area (Å²) in [6.45, 7) is 4.29. The zero-order valence-electron chi connectivity index (χ0n) is 7.29. The van der Waals surface area contributed by atoms with Crippen LogP contribution in [0.2, 0.25) is 0 Å². The van der Waals surface area contributed by atoms with E-state index in [4.69, 9.17) is 4.74 Å². The highest BCUT2D eigenvalue weighted by molar-refractivity contribution is 7.12. The third-order valence-electron chi connectivity index (χ3n) is 1.59. The number of thiophene rings is 1. The van der Waals surface area contributed by atoms with Gasteiger partial charge in [0, 0.05) is 0 Å². The molecule has 0 unspecified atom stereocenters. The molecule has 1 aromatic rings. The molecule has 0 atom stereocenters. The largest absolute Gasteiger partial charge is 0.462 e. The maximum absolute atomic E-state index is 11.3. The lowest BCUT2D eigenvalue weighted by Gasteiger charge is -2.00. The average molecular weight is 184 g/mol. The first-order valence-electron chi connectivity index (χ1n) is 4.03. The molecule has 0 saturated heterocycles. The van der Waals surface area contributed by atoms with Crippen LogP contribution in [-0.4, -0.2) is 12.6 Å². The molecule has 0 aliphatic heterocycles. The minimum atomic E-state index is -0.190. The molecular formula is C9H12O2S. The van der Waals surface area contributed by atoms with Crippen molar-refractivity contribution < 1.29 is 9.53 Å². The maximum Gasteiger partial charge on any atom is 0.348 e. The van der Waals surface area contributed by atoms with Crippen LogP contribution in [0.25, 0.3) is 0 Å². The Morgan fingerprint density at radius 2 is 2.33 bits per heavy atom. The Hall–Kier alpha value is -0.830. The van der Waals surface area contributed by atoms with E-state index >= 15 is 0 Å². The Morgan fingerprint density at radius 3 is 2.92 bits per heavy atom. The standard InChI is InChI=1S/C9H12O2S/c1-3-7-5-6-12-8(7)9(10)11-4-2/h5-6H,3-4H2,1-2H3. The highest BCUT2D eigenvalue weighted by Crippen LogP contribution is 2.18. The number of aryl methyl sites for hydroxylation is 1. The predicted molar refractivity (Wildman–Crippen MR) is 49.7 cm³/mol. The maximum atomic E-state index is 11.3. The second-order valence-corrected chi connectivity index (χ2v) is 3.27. The zero-order chi connectivity index (χ0) is 8.97. The third kappa shape index (κ3) is 1.85. The van der Waals surface area contributed by atoms with Crippen molar-refractivity contribution >= 4 is 17.3 Å². The fraction of sp³-hybridized carbons (Fsp3) is 0.444. The molecule has 0 aromatic carbocycles.